The molecule has 33 heavy (non-hydrogen) atoms. The van der Waals surface area contributed by atoms with E-state index in [4.69, 9.17) is 0 Å². The lowest BCUT2D eigenvalue weighted by Gasteiger charge is -2.23. The van der Waals surface area contributed by atoms with Gasteiger partial charge in [0.2, 0.25) is 10.0 Å². The minimum atomic E-state index is -3.49. The van der Waals surface area contributed by atoms with E-state index in [0.717, 1.165) is 29.5 Å². The number of nitrogens with zero attached hydrogens (tertiary/aromatic N) is 1. The number of hydrogen-bond donors (Lipinski definition) is 1. The lowest BCUT2D eigenvalue weighted by molar-refractivity contribution is 0.0940. The monoisotopic (exact) mass is 462 g/mol. The smallest absolute Gasteiger partial charge is 0.251 e. The number of carbonyl (C=O) groups excluding carboxylic acids is 1. The van der Waals surface area contributed by atoms with Crippen LogP contribution in [0.1, 0.15) is 57.6 Å². The summed E-state index contributed by atoms with van der Waals surface area (Å²) in [6, 6.07) is 20.8. The first-order chi connectivity index (χ1) is 15.7. The Kier molecular flexibility index (Phi) is 6.56. The van der Waals surface area contributed by atoms with Gasteiger partial charge in [-0.2, -0.15) is 0 Å². The second-order valence-electron chi connectivity index (χ2n) is 8.82. The molecular weight excluding hydrogens is 432 g/mol. The summed E-state index contributed by atoms with van der Waals surface area (Å²) in [4.78, 5) is 12.8. The second kappa shape index (κ2) is 9.40. The third kappa shape index (κ3) is 5.28. The predicted octanol–water partition coefficient (Wildman–Crippen LogP) is 4.94. The van der Waals surface area contributed by atoms with Gasteiger partial charge in [-0.1, -0.05) is 42.5 Å². The zero-order valence-electron chi connectivity index (χ0n) is 19.3. The van der Waals surface area contributed by atoms with Crippen molar-refractivity contribution in [2.24, 2.45) is 0 Å². The van der Waals surface area contributed by atoms with Gasteiger partial charge in [0, 0.05) is 5.56 Å². The van der Waals surface area contributed by atoms with Crippen LogP contribution in [0.4, 0.5) is 5.69 Å². The number of aryl methyl sites for hydroxylation is 3. The van der Waals surface area contributed by atoms with Gasteiger partial charge in [-0.25, -0.2) is 8.42 Å². The van der Waals surface area contributed by atoms with Crippen molar-refractivity contribution in [1.82, 2.24) is 5.32 Å². The molecule has 3 aromatic rings. The summed E-state index contributed by atoms with van der Waals surface area (Å²) in [6.07, 6.45) is 4.63. The van der Waals surface area contributed by atoms with E-state index in [9.17, 15) is 13.2 Å². The Morgan fingerprint density at radius 3 is 2.39 bits per heavy atom. The Labute approximate surface area is 196 Å². The number of rotatable bonds is 7. The maximum Gasteiger partial charge on any atom is 0.251 e. The summed E-state index contributed by atoms with van der Waals surface area (Å²) >= 11 is 0. The number of sulfonamides is 1. The summed E-state index contributed by atoms with van der Waals surface area (Å²) in [6.45, 7) is 4.19. The lowest BCUT2D eigenvalue weighted by atomic mass is 10.0. The molecule has 0 saturated heterocycles. The van der Waals surface area contributed by atoms with Crippen LogP contribution < -0.4 is 9.62 Å². The molecule has 5 nitrogen and oxygen atoms in total. The van der Waals surface area contributed by atoms with Crippen LogP contribution >= 0.6 is 0 Å². The fourth-order valence-electron chi connectivity index (χ4n) is 4.35. The van der Waals surface area contributed by atoms with Crippen LogP contribution in [0.15, 0.2) is 66.7 Å². The number of hydrogen-bond acceptors (Lipinski definition) is 3. The zero-order valence-corrected chi connectivity index (χ0v) is 20.2. The average molecular weight is 463 g/mol. The Hall–Kier alpha value is -3.12. The molecule has 172 valence electrons. The van der Waals surface area contributed by atoms with E-state index in [1.807, 2.05) is 38.1 Å². The molecule has 0 spiro atoms. The number of nitrogens with one attached hydrogen (secondary N) is 1. The quantitative estimate of drug-likeness (QED) is 0.541. The van der Waals surface area contributed by atoms with Crippen LogP contribution in [0, 0.1) is 6.92 Å². The van der Waals surface area contributed by atoms with E-state index in [1.165, 1.54) is 28.1 Å². The van der Waals surface area contributed by atoms with Crippen LogP contribution in [-0.2, 0) is 29.4 Å². The van der Waals surface area contributed by atoms with Gasteiger partial charge in [0.25, 0.3) is 5.91 Å². The number of anilines is 1. The van der Waals surface area contributed by atoms with Crippen LogP contribution in [0.3, 0.4) is 0 Å². The van der Waals surface area contributed by atoms with Crippen molar-refractivity contribution >= 4 is 21.6 Å². The van der Waals surface area contributed by atoms with Crippen LogP contribution in [0.25, 0.3) is 0 Å². The van der Waals surface area contributed by atoms with Crippen LogP contribution in [-0.4, -0.2) is 20.6 Å². The third-order valence-corrected chi connectivity index (χ3v) is 7.50. The molecule has 1 amide bonds. The van der Waals surface area contributed by atoms with E-state index in [-0.39, 0.29) is 18.5 Å². The highest BCUT2D eigenvalue weighted by molar-refractivity contribution is 7.92. The molecule has 4 rings (SSSR count). The molecule has 1 aliphatic rings. The van der Waals surface area contributed by atoms with Crippen LogP contribution in [0.2, 0.25) is 0 Å². The lowest BCUT2D eigenvalue weighted by Crippen LogP contribution is -2.30. The van der Waals surface area contributed by atoms with Gasteiger partial charge in [0.15, 0.2) is 0 Å². The Morgan fingerprint density at radius 1 is 1.00 bits per heavy atom. The van der Waals surface area contributed by atoms with Gasteiger partial charge in [0.05, 0.1) is 24.5 Å². The highest BCUT2D eigenvalue weighted by Crippen LogP contribution is 2.26. The molecule has 1 N–H and O–H groups in total. The molecule has 0 saturated carbocycles. The molecule has 3 aromatic carbocycles. The molecule has 0 aliphatic heterocycles. The summed E-state index contributed by atoms with van der Waals surface area (Å²) in [7, 11) is -3.49. The van der Waals surface area contributed by atoms with E-state index in [0.29, 0.717) is 11.3 Å². The molecule has 0 fully saturated rings. The molecule has 1 atom stereocenters. The van der Waals surface area contributed by atoms with Gasteiger partial charge >= 0.3 is 0 Å². The first kappa shape index (κ1) is 23.1. The number of amides is 1. The molecule has 0 aromatic heterocycles. The summed E-state index contributed by atoms with van der Waals surface area (Å²) in [5, 5.41) is 3.06. The van der Waals surface area contributed by atoms with Crippen LogP contribution in [0.5, 0.6) is 0 Å². The van der Waals surface area contributed by atoms with E-state index >= 15 is 0 Å². The van der Waals surface area contributed by atoms with Gasteiger partial charge in [-0.3, -0.25) is 9.10 Å². The Balaban J connectivity index is 1.49. The Morgan fingerprint density at radius 2 is 1.70 bits per heavy atom. The van der Waals surface area contributed by atoms with Gasteiger partial charge < -0.3 is 5.32 Å². The average Bonchev–Trinajstić information content (AvgIpc) is 3.26. The first-order valence-electron chi connectivity index (χ1n) is 11.3. The second-order valence-corrected chi connectivity index (χ2v) is 10.7. The van der Waals surface area contributed by atoms with Crippen molar-refractivity contribution in [3.05, 3.63) is 100 Å². The number of benzene rings is 3. The van der Waals surface area contributed by atoms with Crippen molar-refractivity contribution in [2.75, 3.05) is 10.6 Å². The minimum absolute atomic E-state index is 0.114. The van der Waals surface area contributed by atoms with E-state index in [2.05, 4.69) is 23.5 Å². The van der Waals surface area contributed by atoms with Crippen molar-refractivity contribution in [3.63, 3.8) is 0 Å². The normalized spacial score (nSPS) is 13.9. The van der Waals surface area contributed by atoms with Crippen molar-refractivity contribution < 1.29 is 13.2 Å². The molecule has 0 radical (unpaired) electrons. The fraction of sp³-hybridized carbons (Fsp3) is 0.296. The minimum Gasteiger partial charge on any atom is -0.346 e. The predicted molar refractivity (Wildman–Crippen MR) is 133 cm³/mol. The molecule has 1 aliphatic carbocycles. The largest absolute Gasteiger partial charge is 0.346 e. The summed E-state index contributed by atoms with van der Waals surface area (Å²) in [5.41, 5.74) is 6.89. The standard InChI is InChI=1S/C27H30N2O3S/c1-19-7-4-5-8-25(19)18-29(33(3,31)32)26-15-13-22(14-16-26)27(30)28-20(2)23-12-11-21-9-6-10-24(21)17-23/h4-5,7-8,11-17,20H,6,9-10,18H2,1-3H3,(H,28,30)/t20-/m0/s1. The van der Waals surface area contributed by atoms with Crippen molar-refractivity contribution in [3.8, 4) is 0 Å². The maximum atomic E-state index is 12.8. The SMILES string of the molecule is Cc1ccccc1CN(c1ccc(C(=O)N[C@@H](C)c2ccc3c(c2)CCC3)cc1)S(C)(=O)=O. The number of fused-ring (bicyclic) bond motifs is 1. The van der Waals surface area contributed by atoms with Crippen molar-refractivity contribution in [2.45, 2.75) is 45.7 Å². The highest BCUT2D eigenvalue weighted by Gasteiger charge is 2.20. The maximum absolute atomic E-state index is 12.8. The molecule has 0 heterocycles. The van der Waals surface area contributed by atoms with Gasteiger partial charge in [-0.15, -0.1) is 0 Å². The topological polar surface area (TPSA) is 66.5 Å². The third-order valence-electron chi connectivity index (χ3n) is 6.36. The molecule has 6 heteroatoms. The summed E-state index contributed by atoms with van der Waals surface area (Å²) < 4.78 is 26.4. The van der Waals surface area contributed by atoms with E-state index < -0.39 is 10.0 Å². The fourth-order valence-corrected chi connectivity index (χ4v) is 5.22. The first-order valence-corrected chi connectivity index (χ1v) is 13.1. The highest BCUT2D eigenvalue weighted by atomic mass is 32.2. The van der Waals surface area contributed by atoms with Gasteiger partial charge in [0.1, 0.15) is 0 Å². The molecular formula is C27H30N2O3S. The van der Waals surface area contributed by atoms with E-state index in [1.54, 1.807) is 24.3 Å². The Bertz CT molecular complexity index is 1270. The summed E-state index contributed by atoms with van der Waals surface area (Å²) in [5.74, 6) is -0.181. The molecule has 0 unspecified atom stereocenters. The molecule has 0 bridgehead atoms. The van der Waals surface area contributed by atoms with Gasteiger partial charge in [-0.05, 0) is 85.2 Å². The van der Waals surface area contributed by atoms with Crippen molar-refractivity contribution in [1.29, 1.82) is 0 Å². The number of carbonyl (C=O) groups is 1. The zero-order chi connectivity index (χ0) is 23.6.